The average molecular weight is 282 g/mol. The summed E-state index contributed by atoms with van der Waals surface area (Å²) < 4.78 is 5.39. The molecule has 2 N–H and O–H groups in total. The van der Waals surface area contributed by atoms with Crippen LogP contribution in [-0.4, -0.2) is 44.2 Å². The third-order valence-electron chi connectivity index (χ3n) is 5.30. The summed E-state index contributed by atoms with van der Waals surface area (Å²) in [5.74, 6) is 1.61. The van der Waals surface area contributed by atoms with E-state index in [4.69, 9.17) is 10.5 Å². The van der Waals surface area contributed by atoms with Gasteiger partial charge in [-0.2, -0.15) is 0 Å². The van der Waals surface area contributed by atoms with Gasteiger partial charge in [-0.15, -0.1) is 0 Å². The fourth-order valence-electron chi connectivity index (χ4n) is 3.62. The van der Waals surface area contributed by atoms with E-state index < -0.39 is 0 Å². The molecule has 2 aliphatic rings. The van der Waals surface area contributed by atoms with Crippen molar-refractivity contribution in [3.63, 3.8) is 0 Å². The van der Waals surface area contributed by atoms with Crippen LogP contribution in [0.3, 0.4) is 0 Å². The lowest BCUT2D eigenvalue weighted by atomic mass is 9.70. The number of rotatable bonds is 4. The Balaban J connectivity index is 1.93. The van der Waals surface area contributed by atoms with Gasteiger partial charge in [0.05, 0.1) is 5.41 Å². The van der Waals surface area contributed by atoms with Crippen molar-refractivity contribution >= 4 is 5.91 Å². The van der Waals surface area contributed by atoms with Crippen molar-refractivity contribution in [3.8, 4) is 0 Å². The van der Waals surface area contributed by atoms with E-state index in [2.05, 4.69) is 6.92 Å². The number of nitrogens with two attached hydrogens (primary N) is 1. The van der Waals surface area contributed by atoms with Crippen molar-refractivity contribution < 1.29 is 9.53 Å². The SMILES string of the molecule is CC1CCC(CN)(C(=O)N(C)CC2CCOCC2)CC1. The molecule has 0 unspecified atom stereocenters. The molecule has 1 aliphatic heterocycles. The fourth-order valence-corrected chi connectivity index (χ4v) is 3.62. The third-order valence-corrected chi connectivity index (χ3v) is 5.30. The van der Waals surface area contributed by atoms with Gasteiger partial charge in [0.1, 0.15) is 0 Å². The number of carbonyl (C=O) groups is 1. The van der Waals surface area contributed by atoms with Gasteiger partial charge < -0.3 is 15.4 Å². The molecule has 1 amide bonds. The van der Waals surface area contributed by atoms with Crippen LogP contribution in [0.15, 0.2) is 0 Å². The summed E-state index contributed by atoms with van der Waals surface area (Å²) in [5.41, 5.74) is 5.70. The second-order valence-electron chi connectivity index (χ2n) is 6.91. The molecule has 1 saturated carbocycles. The van der Waals surface area contributed by atoms with Gasteiger partial charge in [-0.25, -0.2) is 0 Å². The molecular weight excluding hydrogens is 252 g/mol. The lowest BCUT2D eigenvalue weighted by Gasteiger charge is -2.40. The second kappa shape index (κ2) is 6.90. The zero-order valence-electron chi connectivity index (χ0n) is 13.1. The molecule has 1 aliphatic carbocycles. The van der Waals surface area contributed by atoms with Crippen LogP contribution in [0.5, 0.6) is 0 Å². The Morgan fingerprint density at radius 3 is 2.40 bits per heavy atom. The second-order valence-corrected chi connectivity index (χ2v) is 6.91. The van der Waals surface area contributed by atoms with Crippen molar-refractivity contribution in [2.45, 2.75) is 45.4 Å². The molecule has 1 heterocycles. The molecule has 0 spiro atoms. The molecule has 0 aromatic rings. The van der Waals surface area contributed by atoms with Gasteiger partial charge in [0.15, 0.2) is 0 Å². The third kappa shape index (κ3) is 3.53. The fraction of sp³-hybridized carbons (Fsp3) is 0.938. The molecular formula is C16H30N2O2. The number of ether oxygens (including phenoxy) is 1. The van der Waals surface area contributed by atoms with Gasteiger partial charge in [-0.1, -0.05) is 6.92 Å². The van der Waals surface area contributed by atoms with Crippen molar-refractivity contribution in [1.29, 1.82) is 0 Å². The highest BCUT2D eigenvalue weighted by Crippen LogP contribution is 2.39. The van der Waals surface area contributed by atoms with E-state index in [0.717, 1.165) is 64.2 Å². The highest BCUT2D eigenvalue weighted by atomic mass is 16.5. The van der Waals surface area contributed by atoms with E-state index in [1.807, 2.05) is 11.9 Å². The quantitative estimate of drug-likeness (QED) is 0.858. The standard InChI is InChI=1S/C16H30N2O2/c1-13-3-7-16(12-17,8-4-13)15(19)18(2)11-14-5-9-20-10-6-14/h13-14H,3-12,17H2,1-2H3. The lowest BCUT2D eigenvalue weighted by molar-refractivity contribution is -0.143. The van der Waals surface area contributed by atoms with Gasteiger partial charge in [-0.3, -0.25) is 4.79 Å². The minimum absolute atomic E-state index is 0.276. The topological polar surface area (TPSA) is 55.6 Å². The smallest absolute Gasteiger partial charge is 0.229 e. The molecule has 4 nitrogen and oxygen atoms in total. The van der Waals surface area contributed by atoms with Crippen LogP contribution >= 0.6 is 0 Å². The Hall–Kier alpha value is -0.610. The molecule has 0 aromatic carbocycles. The van der Waals surface area contributed by atoms with E-state index in [0.29, 0.717) is 12.5 Å². The van der Waals surface area contributed by atoms with Gasteiger partial charge in [-0.05, 0) is 50.4 Å². The Kier molecular flexibility index (Phi) is 5.44. The van der Waals surface area contributed by atoms with Gasteiger partial charge in [0, 0.05) is 33.4 Å². The molecule has 4 heteroatoms. The first-order valence-electron chi connectivity index (χ1n) is 8.11. The molecule has 0 bridgehead atoms. The molecule has 116 valence electrons. The molecule has 2 fully saturated rings. The molecule has 2 rings (SSSR count). The Morgan fingerprint density at radius 1 is 1.25 bits per heavy atom. The van der Waals surface area contributed by atoms with Crippen molar-refractivity contribution in [3.05, 3.63) is 0 Å². The van der Waals surface area contributed by atoms with E-state index in [1.54, 1.807) is 0 Å². The Labute approximate surface area is 123 Å². The summed E-state index contributed by atoms with van der Waals surface area (Å²) in [6, 6.07) is 0. The zero-order valence-corrected chi connectivity index (χ0v) is 13.1. The van der Waals surface area contributed by atoms with Crippen LogP contribution < -0.4 is 5.73 Å². The van der Waals surface area contributed by atoms with E-state index in [9.17, 15) is 4.79 Å². The summed E-state index contributed by atoms with van der Waals surface area (Å²) in [5, 5.41) is 0. The predicted octanol–water partition coefficient (Wildman–Crippen LogP) is 2.03. The number of hydrogen-bond acceptors (Lipinski definition) is 3. The number of nitrogens with zero attached hydrogens (tertiary/aromatic N) is 1. The highest BCUT2D eigenvalue weighted by molar-refractivity contribution is 5.83. The van der Waals surface area contributed by atoms with Crippen LogP contribution in [0.1, 0.15) is 45.4 Å². The maximum absolute atomic E-state index is 12.8. The van der Waals surface area contributed by atoms with Crippen LogP contribution in [0, 0.1) is 17.3 Å². The first kappa shape index (κ1) is 15.8. The monoisotopic (exact) mass is 282 g/mol. The lowest BCUT2D eigenvalue weighted by Crippen LogP contribution is -2.49. The van der Waals surface area contributed by atoms with Crippen LogP contribution in [0.25, 0.3) is 0 Å². The normalized spacial score (nSPS) is 32.0. The summed E-state index contributed by atoms with van der Waals surface area (Å²) in [7, 11) is 1.95. The minimum atomic E-state index is -0.285. The van der Waals surface area contributed by atoms with Crippen molar-refractivity contribution in [1.82, 2.24) is 4.90 Å². The van der Waals surface area contributed by atoms with Gasteiger partial charge in [0.25, 0.3) is 0 Å². The number of carbonyl (C=O) groups excluding carboxylic acids is 1. The number of amides is 1. The summed E-state index contributed by atoms with van der Waals surface area (Å²) >= 11 is 0. The maximum Gasteiger partial charge on any atom is 0.229 e. The van der Waals surface area contributed by atoms with Crippen molar-refractivity contribution in [2.75, 3.05) is 33.4 Å². The van der Waals surface area contributed by atoms with Crippen LogP contribution in [0.2, 0.25) is 0 Å². The Bertz CT molecular complexity index is 318. The van der Waals surface area contributed by atoms with Crippen molar-refractivity contribution in [2.24, 2.45) is 23.0 Å². The molecule has 20 heavy (non-hydrogen) atoms. The average Bonchev–Trinajstić information content (AvgIpc) is 2.49. The van der Waals surface area contributed by atoms with E-state index in [1.165, 1.54) is 0 Å². The first-order chi connectivity index (χ1) is 9.57. The van der Waals surface area contributed by atoms with E-state index >= 15 is 0 Å². The summed E-state index contributed by atoms with van der Waals surface area (Å²) in [6.45, 7) is 5.31. The highest BCUT2D eigenvalue weighted by Gasteiger charge is 2.41. The molecule has 0 aromatic heterocycles. The summed E-state index contributed by atoms with van der Waals surface area (Å²) in [4.78, 5) is 14.8. The van der Waals surface area contributed by atoms with Crippen LogP contribution in [0.4, 0.5) is 0 Å². The molecule has 0 atom stereocenters. The zero-order chi connectivity index (χ0) is 14.6. The first-order valence-corrected chi connectivity index (χ1v) is 8.11. The van der Waals surface area contributed by atoms with Gasteiger partial charge in [0.2, 0.25) is 5.91 Å². The largest absolute Gasteiger partial charge is 0.381 e. The Morgan fingerprint density at radius 2 is 1.85 bits per heavy atom. The minimum Gasteiger partial charge on any atom is -0.381 e. The molecule has 0 radical (unpaired) electrons. The molecule has 1 saturated heterocycles. The van der Waals surface area contributed by atoms with Gasteiger partial charge >= 0.3 is 0 Å². The number of hydrogen-bond donors (Lipinski definition) is 1. The predicted molar refractivity (Wildman–Crippen MR) is 80.3 cm³/mol. The van der Waals surface area contributed by atoms with Crippen LogP contribution in [-0.2, 0) is 9.53 Å². The summed E-state index contributed by atoms with van der Waals surface area (Å²) in [6.07, 6.45) is 6.33. The van der Waals surface area contributed by atoms with E-state index in [-0.39, 0.29) is 11.3 Å². The maximum atomic E-state index is 12.8.